The molecule has 144 valence electrons. The highest BCUT2D eigenvalue weighted by atomic mass is 19.4. The average Bonchev–Trinajstić information content (AvgIpc) is 3.05. The monoisotopic (exact) mass is 381 g/mol. The minimum absolute atomic E-state index is 0.116. The molecule has 3 aromatic heterocycles. The number of hydrogen-bond acceptors (Lipinski definition) is 6. The Labute approximate surface area is 153 Å². The summed E-state index contributed by atoms with van der Waals surface area (Å²) in [7, 11) is 1.58. The summed E-state index contributed by atoms with van der Waals surface area (Å²) in [6, 6.07) is 2.96. The second kappa shape index (κ2) is 6.76. The van der Waals surface area contributed by atoms with Crippen LogP contribution in [0.3, 0.4) is 0 Å². The van der Waals surface area contributed by atoms with Crippen LogP contribution in [0.25, 0.3) is 16.9 Å². The topological polar surface area (TPSA) is 74.4 Å². The Morgan fingerprint density at radius 1 is 1.07 bits per heavy atom. The molecule has 0 aliphatic heterocycles. The maximum Gasteiger partial charge on any atom is 0.425 e. The van der Waals surface area contributed by atoms with Gasteiger partial charge in [-0.05, 0) is 26.8 Å². The zero-order chi connectivity index (χ0) is 19.8. The molecular weight excluding hydrogens is 363 g/mol. The van der Waals surface area contributed by atoms with Gasteiger partial charge in [-0.15, -0.1) is 10.2 Å². The van der Waals surface area contributed by atoms with Crippen molar-refractivity contribution >= 4 is 5.65 Å². The first kappa shape index (κ1) is 19.0. The normalized spacial score (nSPS) is 13.7. The lowest BCUT2D eigenvalue weighted by molar-refractivity contribution is -0.189. The molecule has 0 radical (unpaired) electrons. The Balaban J connectivity index is 1.90. The number of hydrogen-bond donors (Lipinski definition) is 0. The number of fused-ring (bicyclic) bond motifs is 1. The molecule has 3 heterocycles. The van der Waals surface area contributed by atoms with Crippen LogP contribution in [0.4, 0.5) is 13.2 Å². The summed E-state index contributed by atoms with van der Waals surface area (Å²) in [6.45, 7) is 4.65. The van der Waals surface area contributed by atoms with Crippen LogP contribution in [0, 0.1) is 0 Å². The molecule has 0 spiro atoms. The summed E-state index contributed by atoms with van der Waals surface area (Å²) >= 11 is 0. The highest BCUT2D eigenvalue weighted by molar-refractivity contribution is 5.59. The van der Waals surface area contributed by atoms with Crippen molar-refractivity contribution < 1.29 is 22.6 Å². The van der Waals surface area contributed by atoms with E-state index in [0.717, 1.165) is 6.92 Å². The number of aromatic nitrogens is 5. The van der Waals surface area contributed by atoms with Gasteiger partial charge in [0.2, 0.25) is 5.88 Å². The molecule has 0 N–H and O–H groups in total. The number of ether oxygens (including phenoxy) is 2. The Morgan fingerprint density at radius 3 is 2.41 bits per heavy atom. The molecule has 0 aliphatic rings. The quantitative estimate of drug-likeness (QED) is 0.674. The van der Waals surface area contributed by atoms with Gasteiger partial charge in [-0.3, -0.25) is 9.38 Å². The Hall–Kier alpha value is -2.75. The van der Waals surface area contributed by atoms with Crippen LogP contribution in [0.5, 0.6) is 5.88 Å². The smallest absolute Gasteiger partial charge is 0.425 e. The predicted molar refractivity (Wildman–Crippen MR) is 90.2 cm³/mol. The van der Waals surface area contributed by atoms with Crippen LogP contribution >= 0.6 is 0 Å². The van der Waals surface area contributed by atoms with Crippen LogP contribution in [0.15, 0.2) is 30.7 Å². The van der Waals surface area contributed by atoms with E-state index in [1.807, 2.05) is 13.8 Å². The van der Waals surface area contributed by atoms with E-state index in [-0.39, 0.29) is 5.88 Å². The number of rotatable bonds is 5. The average molecular weight is 381 g/mol. The minimum Gasteiger partial charge on any atom is -0.465 e. The molecule has 0 aromatic carbocycles. The Bertz CT molecular complexity index is 938. The maximum absolute atomic E-state index is 12.6. The number of nitrogens with zero attached hydrogens (tertiary/aromatic N) is 5. The van der Waals surface area contributed by atoms with E-state index in [0.29, 0.717) is 22.7 Å². The summed E-state index contributed by atoms with van der Waals surface area (Å²) < 4.78 is 49.7. The van der Waals surface area contributed by atoms with E-state index in [2.05, 4.69) is 20.2 Å². The van der Waals surface area contributed by atoms with Crippen molar-refractivity contribution in [1.82, 2.24) is 24.6 Å². The van der Waals surface area contributed by atoms with Crippen molar-refractivity contribution in [2.24, 2.45) is 0 Å². The summed E-state index contributed by atoms with van der Waals surface area (Å²) in [5, 5.41) is 8.21. The minimum atomic E-state index is -4.45. The number of halogens is 3. The van der Waals surface area contributed by atoms with E-state index in [9.17, 15) is 13.2 Å². The highest BCUT2D eigenvalue weighted by Crippen LogP contribution is 2.26. The van der Waals surface area contributed by atoms with Gasteiger partial charge in [0, 0.05) is 31.1 Å². The molecule has 0 aliphatic carbocycles. The van der Waals surface area contributed by atoms with Gasteiger partial charge in [-0.1, -0.05) is 0 Å². The van der Waals surface area contributed by atoms with E-state index in [1.165, 1.54) is 12.3 Å². The molecule has 7 nitrogen and oxygen atoms in total. The van der Waals surface area contributed by atoms with Gasteiger partial charge in [-0.2, -0.15) is 13.2 Å². The van der Waals surface area contributed by atoms with Crippen LogP contribution in [-0.4, -0.2) is 44.0 Å². The fraction of sp³-hybridized carbons (Fsp3) is 0.412. The molecule has 27 heavy (non-hydrogen) atoms. The zero-order valence-electron chi connectivity index (χ0n) is 15.2. The second-order valence-electron chi connectivity index (χ2n) is 6.43. The molecule has 0 saturated heterocycles. The summed E-state index contributed by atoms with van der Waals surface area (Å²) in [4.78, 5) is 8.24. The van der Waals surface area contributed by atoms with Crippen molar-refractivity contribution in [3.8, 4) is 17.1 Å². The maximum atomic E-state index is 12.6. The molecule has 0 bridgehead atoms. The van der Waals surface area contributed by atoms with Crippen molar-refractivity contribution in [2.75, 3.05) is 7.11 Å². The van der Waals surface area contributed by atoms with Crippen molar-refractivity contribution in [2.45, 2.75) is 38.7 Å². The fourth-order valence-electron chi connectivity index (χ4n) is 2.30. The third-order valence-corrected chi connectivity index (χ3v) is 4.13. The molecule has 0 fully saturated rings. The highest BCUT2D eigenvalue weighted by Gasteiger charge is 2.38. The number of pyridine rings is 1. The van der Waals surface area contributed by atoms with Gasteiger partial charge in [-0.25, -0.2) is 4.98 Å². The summed E-state index contributed by atoms with van der Waals surface area (Å²) in [5.41, 5.74) is 1.05. The van der Waals surface area contributed by atoms with Gasteiger partial charge >= 0.3 is 6.18 Å². The standard InChI is InChI=1S/C17H18F3N5O2/c1-10(17(18,19)20)27-14-6-5-11(7-22-14)12-9-25-13(8-21-12)23-24-15(25)16(2,3)26-4/h5-10H,1-4H3/t10-/m1/s1. The Morgan fingerprint density at radius 2 is 1.81 bits per heavy atom. The van der Waals surface area contributed by atoms with Gasteiger partial charge in [0.25, 0.3) is 0 Å². The van der Waals surface area contributed by atoms with Crippen LogP contribution in [0.1, 0.15) is 26.6 Å². The molecule has 3 aromatic rings. The summed E-state index contributed by atoms with van der Waals surface area (Å²) in [5.74, 6) is 0.478. The second-order valence-corrected chi connectivity index (χ2v) is 6.43. The Kier molecular flexibility index (Phi) is 4.77. The van der Waals surface area contributed by atoms with Gasteiger partial charge in [0.1, 0.15) is 5.60 Å². The van der Waals surface area contributed by atoms with Gasteiger partial charge in [0.05, 0.1) is 11.9 Å². The van der Waals surface area contributed by atoms with E-state index >= 15 is 0 Å². The third-order valence-electron chi connectivity index (χ3n) is 4.13. The van der Waals surface area contributed by atoms with Gasteiger partial charge < -0.3 is 9.47 Å². The van der Waals surface area contributed by atoms with Crippen LogP contribution in [0.2, 0.25) is 0 Å². The van der Waals surface area contributed by atoms with Crippen LogP contribution in [-0.2, 0) is 10.3 Å². The van der Waals surface area contributed by atoms with Crippen molar-refractivity contribution in [1.29, 1.82) is 0 Å². The predicted octanol–water partition coefficient (Wildman–Crippen LogP) is 3.40. The molecule has 10 heteroatoms. The lowest BCUT2D eigenvalue weighted by Crippen LogP contribution is -2.31. The van der Waals surface area contributed by atoms with E-state index in [4.69, 9.17) is 9.47 Å². The largest absolute Gasteiger partial charge is 0.465 e. The SMILES string of the molecule is COC(C)(C)c1nnc2cnc(-c3ccc(O[C@H](C)C(F)(F)F)nc3)cn12. The molecular formula is C17H18F3N5O2. The molecule has 1 atom stereocenters. The fourth-order valence-corrected chi connectivity index (χ4v) is 2.30. The first-order chi connectivity index (χ1) is 12.6. The first-order valence-electron chi connectivity index (χ1n) is 8.08. The first-order valence-corrected chi connectivity index (χ1v) is 8.08. The van der Waals surface area contributed by atoms with E-state index < -0.39 is 17.9 Å². The summed E-state index contributed by atoms with van der Waals surface area (Å²) in [6.07, 6.45) is -1.72. The van der Waals surface area contributed by atoms with Crippen molar-refractivity contribution in [3.63, 3.8) is 0 Å². The lowest BCUT2D eigenvalue weighted by Gasteiger charge is -2.20. The molecule has 0 saturated carbocycles. The molecule has 0 amide bonds. The zero-order valence-corrected chi connectivity index (χ0v) is 15.2. The van der Waals surface area contributed by atoms with Gasteiger partial charge in [0.15, 0.2) is 17.6 Å². The third kappa shape index (κ3) is 3.85. The number of alkyl halides is 3. The van der Waals surface area contributed by atoms with Crippen molar-refractivity contribution in [3.05, 3.63) is 36.5 Å². The van der Waals surface area contributed by atoms with E-state index in [1.54, 1.807) is 30.0 Å². The molecule has 3 rings (SSSR count). The molecule has 0 unspecified atom stereocenters. The van der Waals surface area contributed by atoms with Crippen LogP contribution < -0.4 is 4.74 Å². The lowest BCUT2D eigenvalue weighted by atomic mass is 10.1. The number of methoxy groups -OCH3 is 1.